The van der Waals surface area contributed by atoms with Crippen LogP contribution in [0.4, 0.5) is 0 Å². The molecule has 1 aliphatic rings. The smallest absolute Gasteiger partial charge is 0.363 e. The van der Waals surface area contributed by atoms with Crippen LogP contribution in [0.25, 0.3) is 6.08 Å². The Morgan fingerprint density at radius 2 is 2.04 bits per heavy atom. The normalized spacial score (nSPS) is 15.0. The van der Waals surface area contributed by atoms with E-state index >= 15 is 0 Å². The number of ether oxygens (including phenoxy) is 2. The maximum absolute atomic E-state index is 12.0. The van der Waals surface area contributed by atoms with Gasteiger partial charge in [-0.3, -0.25) is 4.79 Å². The van der Waals surface area contributed by atoms with Gasteiger partial charge in [-0.25, -0.2) is 9.79 Å². The van der Waals surface area contributed by atoms with Crippen molar-refractivity contribution in [2.45, 2.75) is 13.3 Å². The van der Waals surface area contributed by atoms with Crippen molar-refractivity contribution in [1.29, 1.82) is 0 Å². The fraction of sp³-hybridized carbons (Fsp3) is 0.105. The summed E-state index contributed by atoms with van der Waals surface area (Å²) in [6.07, 6.45) is 1.85. The molecule has 0 atom stereocenters. The van der Waals surface area contributed by atoms with Gasteiger partial charge in [0.15, 0.2) is 5.70 Å². The Hall–Kier alpha value is -2.92. The summed E-state index contributed by atoms with van der Waals surface area (Å²) in [5, 5.41) is 0.448. The molecule has 0 spiro atoms. The zero-order chi connectivity index (χ0) is 17.8. The summed E-state index contributed by atoms with van der Waals surface area (Å²) < 4.78 is 10.4. The van der Waals surface area contributed by atoms with Crippen molar-refractivity contribution in [2.75, 3.05) is 0 Å². The first-order chi connectivity index (χ1) is 12.1. The Morgan fingerprint density at radius 3 is 2.80 bits per heavy atom. The van der Waals surface area contributed by atoms with Gasteiger partial charge in [0.2, 0.25) is 5.90 Å². The van der Waals surface area contributed by atoms with Crippen molar-refractivity contribution in [1.82, 2.24) is 0 Å². The van der Waals surface area contributed by atoms with Gasteiger partial charge in [-0.05, 0) is 35.9 Å². The highest BCUT2D eigenvalue weighted by Gasteiger charge is 2.25. The summed E-state index contributed by atoms with van der Waals surface area (Å²) in [7, 11) is 0. The van der Waals surface area contributed by atoms with Gasteiger partial charge in [0, 0.05) is 6.42 Å². The third-order valence-electron chi connectivity index (χ3n) is 3.41. The molecular weight excluding hydrogens is 342 g/mol. The van der Waals surface area contributed by atoms with Crippen LogP contribution < -0.4 is 4.74 Å². The molecule has 0 amide bonds. The highest BCUT2D eigenvalue weighted by molar-refractivity contribution is 6.34. The van der Waals surface area contributed by atoms with Gasteiger partial charge in [0.25, 0.3) is 0 Å². The minimum absolute atomic E-state index is 0.147. The molecule has 1 aliphatic heterocycles. The Bertz CT molecular complexity index is 902. The van der Waals surface area contributed by atoms with E-state index in [1.54, 1.807) is 61.5 Å². The van der Waals surface area contributed by atoms with Crippen LogP contribution in [0.1, 0.15) is 24.5 Å². The number of hydrogen-bond donors (Lipinski definition) is 0. The van der Waals surface area contributed by atoms with E-state index in [2.05, 4.69) is 4.99 Å². The Morgan fingerprint density at radius 1 is 1.24 bits per heavy atom. The average molecular weight is 356 g/mol. The molecule has 0 radical (unpaired) electrons. The summed E-state index contributed by atoms with van der Waals surface area (Å²) in [5.74, 6) is -0.326. The van der Waals surface area contributed by atoms with Crippen LogP contribution in [-0.4, -0.2) is 17.8 Å². The number of rotatable bonds is 4. The molecule has 25 heavy (non-hydrogen) atoms. The van der Waals surface area contributed by atoms with Gasteiger partial charge < -0.3 is 9.47 Å². The van der Waals surface area contributed by atoms with E-state index in [9.17, 15) is 9.59 Å². The standard InChI is InChI=1S/C19H14ClNO4/c1-2-17(22)24-13-7-5-6-12(10-13)11-16-19(23)25-18(21-16)14-8-3-4-9-15(14)20/h3-11H,2H2,1H3/b16-11-. The second-order valence-electron chi connectivity index (χ2n) is 5.22. The molecule has 0 aromatic heterocycles. The average Bonchev–Trinajstić information content (AvgIpc) is 2.96. The molecule has 1 heterocycles. The van der Waals surface area contributed by atoms with Crippen molar-refractivity contribution < 1.29 is 19.1 Å². The van der Waals surface area contributed by atoms with E-state index in [-0.39, 0.29) is 24.0 Å². The maximum atomic E-state index is 12.0. The Kier molecular flexibility index (Phi) is 4.95. The number of nitrogens with zero attached hydrogens (tertiary/aromatic N) is 1. The van der Waals surface area contributed by atoms with Gasteiger partial charge >= 0.3 is 11.9 Å². The first-order valence-electron chi connectivity index (χ1n) is 7.65. The van der Waals surface area contributed by atoms with Crippen molar-refractivity contribution in [3.8, 4) is 5.75 Å². The molecule has 0 unspecified atom stereocenters. The Labute approximate surface area is 149 Å². The summed E-state index contributed by atoms with van der Waals surface area (Å²) in [4.78, 5) is 27.6. The minimum Gasteiger partial charge on any atom is -0.427 e. The van der Waals surface area contributed by atoms with E-state index in [0.717, 1.165) is 0 Å². The number of benzene rings is 2. The molecule has 0 saturated heterocycles. The molecule has 0 N–H and O–H groups in total. The van der Waals surface area contributed by atoms with Crippen LogP contribution in [0.2, 0.25) is 5.02 Å². The van der Waals surface area contributed by atoms with Crippen molar-refractivity contribution >= 4 is 35.5 Å². The SMILES string of the molecule is CCC(=O)Oc1cccc(/C=C2\N=C(c3ccccc3Cl)OC2=O)c1. The van der Waals surface area contributed by atoms with Gasteiger partial charge in [0.05, 0.1) is 10.6 Å². The van der Waals surface area contributed by atoms with Crippen molar-refractivity contribution in [3.05, 3.63) is 70.4 Å². The third kappa shape index (κ3) is 3.95. The van der Waals surface area contributed by atoms with Crippen LogP contribution >= 0.6 is 11.6 Å². The number of cyclic esters (lactones) is 1. The summed E-state index contributed by atoms with van der Waals surface area (Å²) in [6, 6.07) is 13.8. The molecule has 2 aromatic rings. The summed E-state index contributed by atoms with van der Waals surface area (Å²) >= 11 is 6.10. The van der Waals surface area contributed by atoms with Crippen LogP contribution in [0, 0.1) is 0 Å². The highest BCUT2D eigenvalue weighted by atomic mass is 35.5. The lowest BCUT2D eigenvalue weighted by Crippen LogP contribution is -2.06. The lowest BCUT2D eigenvalue weighted by molar-refractivity contribution is -0.134. The van der Waals surface area contributed by atoms with E-state index in [4.69, 9.17) is 21.1 Å². The zero-order valence-corrected chi connectivity index (χ0v) is 14.1. The number of esters is 2. The molecule has 3 rings (SSSR count). The van der Waals surface area contributed by atoms with Crippen LogP contribution in [0.15, 0.2) is 59.2 Å². The van der Waals surface area contributed by atoms with Crippen molar-refractivity contribution in [2.24, 2.45) is 4.99 Å². The number of aliphatic imine (C=N–C) groups is 1. The molecule has 5 nitrogen and oxygen atoms in total. The number of carbonyl (C=O) groups is 2. The molecule has 0 bridgehead atoms. The monoisotopic (exact) mass is 355 g/mol. The van der Waals surface area contributed by atoms with E-state index in [1.807, 2.05) is 0 Å². The number of hydrogen-bond acceptors (Lipinski definition) is 5. The molecule has 0 fully saturated rings. The van der Waals surface area contributed by atoms with Gasteiger partial charge in [-0.1, -0.05) is 42.8 Å². The van der Waals surface area contributed by atoms with Gasteiger partial charge in [-0.15, -0.1) is 0 Å². The molecule has 0 saturated carbocycles. The lowest BCUT2D eigenvalue weighted by Gasteiger charge is -2.03. The van der Waals surface area contributed by atoms with Crippen LogP contribution in [0.5, 0.6) is 5.75 Å². The quantitative estimate of drug-likeness (QED) is 0.472. The number of carbonyl (C=O) groups excluding carboxylic acids is 2. The second-order valence-corrected chi connectivity index (χ2v) is 5.62. The van der Waals surface area contributed by atoms with E-state index in [1.165, 1.54) is 0 Å². The fourth-order valence-corrected chi connectivity index (χ4v) is 2.40. The molecule has 6 heteroatoms. The molecule has 2 aromatic carbocycles. The zero-order valence-electron chi connectivity index (χ0n) is 13.4. The predicted octanol–water partition coefficient (Wildman–Crippen LogP) is 4.00. The predicted molar refractivity (Wildman–Crippen MR) is 94.4 cm³/mol. The fourth-order valence-electron chi connectivity index (χ4n) is 2.19. The largest absolute Gasteiger partial charge is 0.427 e. The van der Waals surface area contributed by atoms with E-state index in [0.29, 0.717) is 21.9 Å². The first-order valence-corrected chi connectivity index (χ1v) is 8.03. The van der Waals surface area contributed by atoms with Gasteiger partial charge in [0.1, 0.15) is 5.75 Å². The number of halogens is 1. The topological polar surface area (TPSA) is 65.0 Å². The highest BCUT2D eigenvalue weighted by Crippen LogP contribution is 2.24. The minimum atomic E-state index is -0.564. The molecular formula is C19H14ClNO4. The van der Waals surface area contributed by atoms with Crippen LogP contribution in [0.3, 0.4) is 0 Å². The van der Waals surface area contributed by atoms with E-state index < -0.39 is 5.97 Å². The third-order valence-corrected chi connectivity index (χ3v) is 3.74. The molecule has 126 valence electrons. The Balaban J connectivity index is 1.88. The second kappa shape index (κ2) is 7.32. The lowest BCUT2D eigenvalue weighted by atomic mass is 10.2. The first kappa shape index (κ1) is 16.9. The van der Waals surface area contributed by atoms with Crippen molar-refractivity contribution in [3.63, 3.8) is 0 Å². The maximum Gasteiger partial charge on any atom is 0.363 e. The van der Waals surface area contributed by atoms with Crippen LogP contribution in [-0.2, 0) is 14.3 Å². The summed E-state index contributed by atoms with van der Waals surface area (Å²) in [6.45, 7) is 1.72. The van der Waals surface area contributed by atoms with Gasteiger partial charge in [-0.2, -0.15) is 0 Å². The molecule has 0 aliphatic carbocycles. The summed E-state index contributed by atoms with van der Waals surface area (Å²) in [5.41, 5.74) is 1.36.